The van der Waals surface area contributed by atoms with Crippen molar-refractivity contribution in [3.63, 3.8) is 0 Å². The van der Waals surface area contributed by atoms with E-state index >= 15 is 0 Å². The fourth-order valence-corrected chi connectivity index (χ4v) is 3.64. The predicted octanol–water partition coefficient (Wildman–Crippen LogP) is 4.15. The highest BCUT2D eigenvalue weighted by Gasteiger charge is 2.23. The molecule has 0 unspecified atom stereocenters. The van der Waals surface area contributed by atoms with Gasteiger partial charge in [0.15, 0.2) is 9.84 Å². The van der Waals surface area contributed by atoms with E-state index in [1.165, 1.54) is 12.1 Å². The average Bonchev–Trinajstić information content (AvgIpc) is 2.38. The summed E-state index contributed by atoms with van der Waals surface area (Å²) in [4.78, 5) is 0.279. The first-order valence-electron chi connectivity index (χ1n) is 6.91. The van der Waals surface area contributed by atoms with Crippen molar-refractivity contribution in [1.82, 2.24) is 0 Å². The fourth-order valence-electron chi connectivity index (χ4n) is 1.78. The number of hydrogen-bond acceptors (Lipinski definition) is 3. The van der Waals surface area contributed by atoms with Crippen molar-refractivity contribution >= 4 is 9.84 Å². The molecule has 0 aliphatic carbocycles. The lowest BCUT2D eigenvalue weighted by atomic mass is 10.0. The van der Waals surface area contributed by atoms with Crippen molar-refractivity contribution in [2.75, 3.05) is 12.4 Å². The van der Waals surface area contributed by atoms with Crippen LogP contribution in [0.25, 0.3) is 0 Å². The third-order valence-electron chi connectivity index (χ3n) is 2.84. The molecule has 0 heterocycles. The number of hydrogen-bond donors (Lipinski definition) is 0. The summed E-state index contributed by atoms with van der Waals surface area (Å²) in [6, 6.07) is 6.25. The van der Waals surface area contributed by atoms with E-state index < -0.39 is 9.84 Å². The highest BCUT2D eigenvalue weighted by Crippen LogP contribution is 2.23. The van der Waals surface area contributed by atoms with Gasteiger partial charge in [-0.25, -0.2) is 12.8 Å². The van der Waals surface area contributed by atoms with E-state index in [1.807, 2.05) is 27.7 Å². The van der Waals surface area contributed by atoms with Gasteiger partial charge in [0.2, 0.25) is 0 Å². The zero-order chi connectivity index (χ0) is 16.1. The zero-order valence-electron chi connectivity index (χ0n) is 13.0. The molecule has 0 aliphatic rings. The molecule has 0 saturated carbocycles. The lowest BCUT2D eigenvalue weighted by molar-refractivity contribution is 0.345. The Morgan fingerprint density at radius 3 is 2.24 bits per heavy atom. The molecular weight excluding hydrogens is 291 g/mol. The minimum absolute atomic E-state index is 0.0881. The first-order valence-corrected chi connectivity index (χ1v) is 8.57. The third kappa shape index (κ3) is 5.87. The Morgan fingerprint density at radius 1 is 1.24 bits per heavy atom. The number of benzene rings is 1. The number of rotatable bonds is 6. The molecule has 1 rings (SSSR count). The largest absolute Gasteiger partial charge is 0.489 e. The van der Waals surface area contributed by atoms with Crippen LogP contribution in [-0.2, 0) is 9.84 Å². The van der Waals surface area contributed by atoms with Crippen LogP contribution in [0.5, 0.6) is 5.75 Å². The maximum Gasteiger partial charge on any atom is 0.178 e. The van der Waals surface area contributed by atoms with Crippen molar-refractivity contribution in [1.29, 1.82) is 0 Å². The van der Waals surface area contributed by atoms with Gasteiger partial charge in [-0.2, -0.15) is 0 Å². The summed E-state index contributed by atoms with van der Waals surface area (Å²) in [6.07, 6.45) is 1.12. The van der Waals surface area contributed by atoms with Crippen molar-refractivity contribution in [2.45, 2.75) is 39.0 Å². The Balaban J connectivity index is 2.79. The fraction of sp³-hybridized carbons (Fsp3) is 0.500. The van der Waals surface area contributed by atoms with Crippen LogP contribution in [0.15, 0.2) is 41.1 Å². The van der Waals surface area contributed by atoms with Crippen LogP contribution in [-0.4, -0.2) is 20.8 Å². The maximum absolute atomic E-state index is 12.4. The zero-order valence-corrected chi connectivity index (χ0v) is 13.8. The second-order valence-corrected chi connectivity index (χ2v) is 8.19. The molecule has 21 heavy (non-hydrogen) atoms. The monoisotopic (exact) mass is 314 g/mol. The second-order valence-electron chi connectivity index (χ2n) is 6.20. The summed E-state index contributed by atoms with van der Waals surface area (Å²) in [7, 11) is -3.30. The van der Waals surface area contributed by atoms with Crippen molar-refractivity contribution in [3.8, 4) is 5.75 Å². The van der Waals surface area contributed by atoms with Crippen molar-refractivity contribution in [2.24, 2.45) is 5.41 Å². The smallest absolute Gasteiger partial charge is 0.178 e. The van der Waals surface area contributed by atoms with Gasteiger partial charge in [-0.05, 0) is 41.7 Å². The molecule has 0 fully saturated rings. The van der Waals surface area contributed by atoms with Gasteiger partial charge in [0.1, 0.15) is 12.4 Å². The van der Waals surface area contributed by atoms with Crippen LogP contribution < -0.4 is 4.74 Å². The minimum atomic E-state index is -3.30. The quantitative estimate of drug-likeness (QED) is 0.792. The lowest BCUT2D eigenvalue weighted by Crippen LogP contribution is -2.20. The third-order valence-corrected chi connectivity index (χ3v) is 5.08. The molecule has 0 bridgehead atoms. The van der Waals surface area contributed by atoms with Gasteiger partial charge in [-0.3, -0.25) is 0 Å². The molecule has 0 N–H and O–H groups in total. The number of ether oxygens (including phenoxy) is 1. The summed E-state index contributed by atoms with van der Waals surface area (Å²) < 4.78 is 42.3. The topological polar surface area (TPSA) is 43.4 Å². The molecular formula is C16H23FO3S. The van der Waals surface area contributed by atoms with Crippen LogP contribution >= 0.6 is 0 Å². The van der Waals surface area contributed by atoms with Crippen molar-refractivity contribution in [3.05, 3.63) is 36.2 Å². The van der Waals surface area contributed by atoms with Crippen LogP contribution in [0.1, 0.15) is 34.1 Å². The van der Waals surface area contributed by atoms with Gasteiger partial charge < -0.3 is 4.74 Å². The molecule has 0 aromatic heterocycles. The van der Waals surface area contributed by atoms with Gasteiger partial charge in [0.05, 0.1) is 17.0 Å². The van der Waals surface area contributed by atoms with Gasteiger partial charge in [0.25, 0.3) is 0 Å². The standard InChI is InChI=1S/C16H23FO3S/c1-5-13(10-17)11-20-14-6-8-15(9-7-14)21(18,19)12-16(2,3)4/h6-10H,5,11-12H2,1-4H3/b13-10-. The highest BCUT2D eigenvalue weighted by atomic mass is 32.2. The maximum atomic E-state index is 12.4. The van der Waals surface area contributed by atoms with Crippen LogP contribution in [0.3, 0.4) is 0 Å². The Kier molecular flexibility index (Phi) is 5.96. The van der Waals surface area contributed by atoms with Gasteiger partial charge in [0, 0.05) is 0 Å². The van der Waals surface area contributed by atoms with Gasteiger partial charge >= 0.3 is 0 Å². The number of sulfone groups is 1. The van der Waals surface area contributed by atoms with E-state index in [9.17, 15) is 12.8 Å². The molecule has 5 heteroatoms. The first kappa shape index (κ1) is 17.7. The van der Waals surface area contributed by atoms with E-state index in [1.54, 1.807) is 12.1 Å². The van der Waals surface area contributed by atoms with E-state index in [0.717, 1.165) is 0 Å². The lowest BCUT2D eigenvalue weighted by Gasteiger charge is -2.18. The second kappa shape index (κ2) is 7.07. The molecule has 0 amide bonds. The summed E-state index contributed by atoms with van der Waals surface area (Å²) >= 11 is 0. The Bertz CT molecular complexity index is 581. The summed E-state index contributed by atoms with van der Waals surface area (Å²) in [6.45, 7) is 7.67. The number of halogens is 1. The van der Waals surface area contributed by atoms with Crippen molar-refractivity contribution < 1.29 is 17.5 Å². The van der Waals surface area contributed by atoms with E-state index in [0.29, 0.717) is 24.1 Å². The van der Waals surface area contributed by atoms with Gasteiger partial charge in [-0.15, -0.1) is 0 Å². The normalized spacial score (nSPS) is 13.3. The molecule has 1 aromatic rings. The molecule has 0 spiro atoms. The Hall–Kier alpha value is -1.36. The summed E-state index contributed by atoms with van der Waals surface area (Å²) in [5.41, 5.74) is 0.259. The Labute approximate surface area is 126 Å². The van der Waals surface area contributed by atoms with E-state index in [-0.39, 0.29) is 22.7 Å². The van der Waals surface area contributed by atoms with Gasteiger partial charge in [-0.1, -0.05) is 27.7 Å². The average molecular weight is 314 g/mol. The molecule has 0 atom stereocenters. The van der Waals surface area contributed by atoms with Crippen LogP contribution in [0, 0.1) is 5.41 Å². The minimum Gasteiger partial charge on any atom is -0.489 e. The molecule has 118 valence electrons. The summed E-state index contributed by atoms with van der Waals surface area (Å²) in [5.74, 6) is 0.614. The molecule has 1 aromatic carbocycles. The first-order chi connectivity index (χ1) is 9.68. The predicted molar refractivity (Wildman–Crippen MR) is 82.9 cm³/mol. The Morgan fingerprint density at radius 2 is 1.81 bits per heavy atom. The molecule has 0 aliphatic heterocycles. The molecule has 3 nitrogen and oxygen atoms in total. The summed E-state index contributed by atoms with van der Waals surface area (Å²) in [5, 5.41) is 0. The van der Waals surface area contributed by atoms with E-state index in [4.69, 9.17) is 4.74 Å². The highest BCUT2D eigenvalue weighted by molar-refractivity contribution is 7.91. The SMILES string of the molecule is CC/C(=C/F)COc1ccc(S(=O)(=O)CC(C)(C)C)cc1. The van der Waals surface area contributed by atoms with E-state index in [2.05, 4.69) is 0 Å². The molecule has 0 saturated heterocycles. The molecule has 0 radical (unpaired) electrons. The van der Waals surface area contributed by atoms with Crippen LogP contribution in [0.2, 0.25) is 0 Å². The van der Waals surface area contributed by atoms with Crippen LogP contribution in [0.4, 0.5) is 4.39 Å².